The zero-order valence-corrected chi connectivity index (χ0v) is 19.6. The van der Waals surface area contributed by atoms with Crippen LogP contribution in [0.1, 0.15) is 122 Å². The zero-order chi connectivity index (χ0) is 22.9. The molecule has 0 saturated carbocycles. The van der Waals surface area contributed by atoms with E-state index in [-0.39, 0.29) is 6.42 Å². The van der Waals surface area contributed by atoms with Gasteiger partial charge >= 0.3 is 19.5 Å². The van der Waals surface area contributed by atoms with Gasteiger partial charge in [-0.25, -0.2) is 0 Å². The van der Waals surface area contributed by atoms with E-state index in [0.29, 0.717) is 12.8 Å². The van der Waals surface area contributed by atoms with Crippen molar-refractivity contribution < 1.29 is 34.2 Å². The zero-order valence-electron chi connectivity index (χ0n) is 18.7. The molecular formula is C22H43O7P. The lowest BCUT2D eigenvalue weighted by molar-refractivity contribution is -0.147. The van der Waals surface area contributed by atoms with Gasteiger partial charge in [-0.15, -0.1) is 0 Å². The van der Waals surface area contributed by atoms with Crippen LogP contribution in [0, 0.1) is 0 Å². The summed E-state index contributed by atoms with van der Waals surface area (Å²) in [6.07, 6.45) is 16.9. The molecule has 0 bridgehead atoms. The highest BCUT2D eigenvalue weighted by atomic mass is 31.2. The minimum Gasteiger partial charge on any atom is -0.481 e. The fourth-order valence-corrected chi connectivity index (χ4v) is 4.90. The first-order valence-corrected chi connectivity index (χ1v) is 13.3. The molecule has 0 aromatic heterocycles. The van der Waals surface area contributed by atoms with Crippen molar-refractivity contribution in [2.45, 2.75) is 128 Å². The lowest BCUT2D eigenvalue weighted by Gasteiger charge is -2.28. The third-order valence-corrected chi connectivity index (χ3v) is 7.53. The van der Waals surface area contributed by atoms with Gasteiger partial charge in [-0.3, -0.25) is 14.2 Å². The number of hydrogen-bond donors (Lipinski definition) is 4. The summed E-state index contributed by atoms with van der Waals surface area (Å²) in [6.45, 7) is 2.23. The Balaban J connectivity index is 3.79. The molecule has 0 spiro atoms. The van der Waals surface area contributed by atoms with Gasteiger partial charge in [0.05, 0.1) is 6.42 Å². The van der Waals surface area contributed by atoms with E-state index in [1.807, 2.05) is 0 Å². The van der Waals surface area contributed by atoms with Crippen molar-refractivity contribution >= 4 is 19.5 Å². The second-order valence-electron chi connectivity index (χ2n) is 8.50. The number of aliphatic carboxylic acids is 2. The van der Waals surface area contributed by atoms with Crippen molar-refractivity contribution in [3.63, 3.8) is 0 Å². The number of unbranched alkanes of at least 4 members (excludes halogenated alkanes) is 15. The van der Waals surface area contributed by atoms with Crippen molar-refractivity contribution in [1.29, 1.82) is 0 Å². The molecule has 0 heterocycles. The van der Waals surface area contributed by atoms with Gasteiger partial charge in [0.1, 0.15) is 0 Å². The molecule has 0 amide bonds. The molecule has 0 aliphatic carbocycles. The highest BCUT2D eigenvalue weighted by molar-refractivity contribution is 7.54. The van der Waals surface area contributed by atoms with E-state index in [0.717, 1.165) is 19.3 Å². The maximum atomic E-state index is 11.7. The van der Waals surface area contributed by atoms with Crippen molar-refractivity contribution in [2.24, 2.45) is 0 Å². The van der Waals surface area contributed by atoms with Gasteiger partial charge in [-0.05, 0) is 6.42 Å². The summed E-state index contributed by atoms with van der Waals surface area (Å²) in [4.78, 5) is 41.3. The Hall–Kier alpha value is -0.910. The van der Waals surface area contributed by atoms with Crippen LogP contribution in [0.5, 0.6) is 0 Å². The molecule has 8 heteroatoms. The molecular weight excluding hydrogens is 407 g/mol. The van der Waals surface area contributed by atoms with Crippen LogP contribution in [0.4, 0.5) is 0 Å². The summed E-state index contributed by atoms with van der Waals surface area (Å²) in [5.74, 6) is -3.25. The van der Waals surface area contributed by atoms with Crippen LogP contribution in [0.3, 0.4) is 0 Å². The summed E-state index contributed by atoms with van der Waals surface area (Å²) in [7, 11) is -5.09. The van der Waals surface area contributed by atoms with E-state index in [1.165, 1.54) is 70.6 Å². The monoisotopic (exact) mass is 450 g/mol. The van der Waals surface area contributed by atoms with Crippen LogP contribution in [0.15, 0.2) is 0 Å². The van der Waals surface area contributed by atoms with Crippen molar-refractivity contribution in [3.8, 4) is 0 Å². The Bertz CT molecular complexity index is 518. The van der Waals surface area contributed by atoms with Crippen LogP contribution in [-0.4, -0.2) is 37.1 Å². The van der Waals surface area contributed by atoms with Crippen LogP contribution < -0.4 is 0 Å². The second-order valence-corrected chi connectivity index (χ2v) is 10.4. The molecule has 0 radical (unpaired) electrons. The average molecular weight is 451 g/mol. The Morgan fingerprint density at radius 1 is 0.667 bits per heavy atom. The summed E-state index contributed by atoms with van der Waals surface area (Å²) < 4.78 is 11.7. The van der Waals surface area contributed by atoms with Gasteiger partial charge in [0.15, 0.2) is 5.16 Å². The smallest absolute Gasteiger partial charge is 0.343 e. The normalized spacial score (nSPS) is 13.8. The molecule has 178 valence electrons. The van der Waals surface area contributed by atoms with Gasteiger partial charge in [-0.1, -0.05) is 110 Å². The lowest BCUT2D eigenvalue weighted by atomic mass is 9.96. The highest BCUT2D eigenvalue weighted by Gasteiger charge is 2.54. The van der Waals surface area contributed by atoms with Gasteiger partial charge in [0, 0.05) is 0 Å². The molecule has 0 aromatic carbocycles. The molecule has 1 unspecified atom stereocenters. The van der Waals surface area contributed by atoms with E-state index in [9.17, 15) is 29.0 Å². The third kappa shape index (κ3) is 12.7. The highest BCUT2D eigenvalue weighted by Crippen LogP contribution is 2.55. The topological polar surface area (TPSA) is 132 Å². The Kier molecular flexibility index (Phi) is 16.2. The SMILES string of the molecule is CCCCCCCCCCCCCCCCCCC(CC(=O)O)(C(=O)O)P(=O)(O)O. The van der Waals surface area contributed by atoms with Gasteiger partial charge < -0.3 is 20.0 Å². The molecule has 0 saturated heterocycles. The third-order valence-electron chi connectivity index (χ3n) is 5.84. The van der Waals surface area contributed by atoms with Gasteiger partial charge in [-0.2, -0.15) is 0 Å². The van der Waals surface area contributed by atoms with E-state index in [1.54, 1.807) is 0 Å². The standard InChI is InChI=1S/C22H43O7P/c1-2-3-4-5-6-7-8-9-10-11-12-13-14-15-16-17-18-22(21(25)26,19-20(23)24)30(27,28)29/h2-19H2,1H3,(H,23,24)(H,25,26)(H2,27,28,29). The summed E-state index contributed by atoms with van der Waals surface area (Å²) in [5.41, 5.74) is 0. The Labute approximate surface area is 181 Å². The first kappa shape index (κ1) is 29.1. The molecule has 0 rings (SSSR count). The predicted molar refractivity (Wildman–Crippen MR) is 119 cm³/mol. The van der Waals surface area contributed by atoms with Crippen LogP contribution in [0.25, 0.3) is 0 Å². The minimum atomic E-state index is -5.09. The first-order chi connectivity index (χ1) is 14.2. The number of carboxylic acids is 2. The van der Waals surface area contributed by atoms with Gasteiger partial charge in [0.2, 0.25) is 0 Å². The van der Waals surface area contributed by atoms with Crippen LogP contribution >= 0.6 is 7.60 Å². The molecule has 0 fully saturated rings. The van der Waals surface area contributed by atoms with Crippen molar-refractivity contribution in [2.75, 3.05) is 0 Å². The maximum absolute atomic E-state index is 11.7. The van der Waals surface area contributed by atoms with E-state index in [4.69, 9.17) is 5.11 Å². The van der Waals surface area contributed by atoms with E-state index in [2.05, 4.69) is 6.92 Å². The number of carboxylic acid groups (broad SMARTS) is 2. The summed E-state index contributed by atoms with van der Waals surface area (Å²) >= 11 is 0. The minimum absolute atomic E-state index is 0.295. The Morgan fingerprint density at radius 3 is 1.27 bits per heavy atom. The molecule has 0 aliphatic rings. The number of hydrogen-bond acceptors (Lipinski definition) is 3. The maximum Gasteiger partial charge on any atom is 0.343 e. The fraction of sp³-hybridized carbons (Fsp3) is 0.909. The largest absolute Gasteiger partial charge is 0.481 e. The van der Waals surface area contributed by atoms with Crippen molar-refractivity contribution in [3.05, 3.63) is 0 Å². The number of rotatable bonds is 21. The molecule has 1 atom stereocenters. The first-order valence-electron chi connectivity index (χ1n) is 11.7. The van der Waals surface area contributed by atoms with Crippen LogP contribution in [-0.2, 0) is 14.2 Å². The van der Waals surface area contributed by atoms with Crippen LogP contribution in [0.2, 0.25) is 0 Å². The quantitative estimate of drug-likeness (QED) is 0.122. The summed E-state index contributed by atoms with van der Waals surface area (Å²) in [5, 5.41) is 15.6. The summed E-state index contributed by atoms with van der Waals surface area (Å²) in [6, 6.07) is 0. The fourth-order valence-electron chi connectivity index (χ4n) is 3.86. The van der Waals surface area contributed by atoms with E-state index < -0.39 is 31.1 Å². The molecule has 7 nitrogen and oxygen atoms in total. The van der Waals surface area contributed by atoms with Crippen molar-refractivity contribution in [1.82, 2.24) is 0 Å². The molecule has 0 aromatic rings. The molecule has 4 N–H and O–H groups in total. The number of carbonyl (C=O) groups is 2. The Morgan fingerprint density at radius 2 is 1.00 bits per heavy atom. The molecule has 0 aliphatic heterocycles. The van der Waals surface area contributed by atoms with E-state index >= 15 is 0 Å². The second kappa shape index (κ2) is 16.7. The van der Waals surface area contributed by atoms with Gasteiger partial charge in [0.25, 0.3) is 0 Å². The molecule has 30 heavy (non-hydrogen) atoms. The predicted octanol–water partition coefficient (Wildman–Crippen LogP) is 6.11. The average Bonchev–Trinajstić information content (AvgIpc) is 2.65. The lowest BCUT2D eigenvalue weighted by Crippen LogP contribution is -2.40.